The van der Waals surface area contributed by atoms with Crippen molar-refractivity contribution in [3.05, 3.63) is 47.0 Å². The van der Waals surface area contributed by atoms with Gasteiger partial charge in [0.05, 0.1) is 30.2 Å². The number of amides is 2. The number of nitrogens with one attached hydrogen (secondary N) is 1. The number of pyridine rings is 1. The topological polar surface area (TPSA) is 131 Å². The van der Waals surface area contributed by atoms with Gasteiger partial charge in [-0.1, -0.05) is 26.0 Å². The molecule has 2 aromatic heterocycles. The summed E-state index contributed by atoms with van der Waals surface area (Å²) in [5.74, 6) is -1.58. The van der Waals surface area contributed by atoms with E-state index in [4.69, 9.17) is 19.4 Å². The van der Waals surface area contributed by atoms with E-state index in [-0.39, 0.29) is 24.2 Å². The summed E-state index contributed by atoms with van der Waals surface area (Å²) in [5, 5.41) is 16.6. The van der Waals surface area contributed by atoms with Crippen LogP contribution < -0.4 is 14.8 Å². The van der Waals surface area contributed by atoms with Crippen molar-refractivity contribution >= 4 is 40.0 Å². The van der Waals surface area contributed by atoms with Crippen LogP contribution in [0.5, 0.6) is 11.5 Å². The van der Waals surface area contributed by atoms with Crippen molar-refractivity contribution in [1.82, 2.24) is 20.2 Å². The number of carbonyl (C=O) groups is 3. The Balaban J connectivity index is 1.35. The predicted molar refractivity (Wildman–Crippen MR) is 176 cm³/mol. The van der Waals surface area contributed by atoms with Gasteiger partial charge >= 0.3 is 5.97 Å². The van der Waals surface area contributed by atoms with Gasteiger partial charge in [0.2, 0.25) is 11.8 Å². The van der Waals surface area contributed by atoms with Crippen LogP contribution in [0.15, 0.2) is 35.7 Å². The molecule has 1 aromatic carbocycles. The van der Waals surface area contributed by atoms with Crippen molar-refractivity contribution in [3.8, 4) is 22.2 Å². The number of carbonyl (C=O) groups excluding carboxylic acids is 2. The molecule has 10 nitrogen and oxygen atoms in total. The number of benzene rings is 1. The van der Waals surface area contributed by atoms with Gasteiger partial charge in [0.15, 0.2) is 0 Å². The number of allylic oxidation sites excluding steroid dienone is 1. The lowest BCUT2D eigenvalue weighted by molar-refractivity contribution is -0.145. The maximum absolute atomic E-state index is 13.8. The molecule has 46 heavy (non-hydrogen) atoms. The Morgan fingerprint density at radius 1 is 1.15 bits per heavy atom. The molecule has 11 heteroatoms. The van der Waals surface area contributed by atoms with Crippen molar-refractivity contribution in [2.45, 2.75) is 76.9 Å². The van der Waals surface area contributed by atoms with Gasteiger partial charge in [-0.05, 0) is 63.5 Å². The highest BCUT2D eigenvalue weighted by molar-refractivity contribution is 7.13. The number of carboxylic acids is 1. The number of aliphatic carboxylic acids is 1. The van der Waals surface area contributed by atoms with Crippen LogP contribution in [0.2, 0.25) is 0 Å². The molecule has 2 aliphatic carbocycles. The van der Waals surface area contributed by atoms with Crippen molar-refractivity contribution in [1.29, 1.82) is 0 Å². The monoisotopic (exact) mass is 646 g/mol. The maximum atomic E-state index is 13.8. The molecule has 0 spiro atoms. The molecule has 2 saturated carbocycles. The average molecular weight is 647 g/mol. The standard InChI is InChI=1S/C35H42N4O6S/c1-19(2)27-18-46-32(37-27)26-16-29(23-11-12-28(44-5)20(3)30(23)36-26)45-22-14-24-25(15-22)33(41)39(4)13-9-7-6-8-10-21-17-35(21,34(42)43)38-31(24)40/h8,10-12,16,18-19,21-22,24-25H,6-7,9,13-15,17H2,1-5H3,(H,38,40)(H,42,43)/b10-8-/t21-,22-,24?,25?,35-/m1/s1. The van der Waals surface area contributed by atoms with Gasteiger partial charge in [-0.25, -0.2) is 14.8 Å². The van der Waals surface area contributed by atoms with Crippen LogP contribution in [0.1, 0.15) is 69.5 Å². The fourth-order valence-electron chi connectivity index (χ4n) is 6.85. The lowest BCUT2D eigenvalue weighted by Gasteiger charge is -2.26. The molecular weight excluding hydrogens is 604 g/mol. The van der Waals surface area contributed by atoms with E-state index < -0.39 is 35.4 Å². The third-order valence-electron chi connectivity index (χ3n) is 9.77. The number of hydrogen-bond donors (Lipinski definition) is 2. The second-order valence-electron chi connectivity index (χ2n) is 13.2. The van der Waals surface area contributed by atoms with E-state index in [2.05, 4.69) is 19.2 Å². The summed E-state index contributed by atoms with van der Waals surface area (Å²) in [6.45, 7) is 6.75. The normalized spacial score (nSPS) is 27.5. The van der Waals surface area contributed by atoms with Crippen LogP contribution >= 0.6 is 11.3 Å². The number of fused-ring (bicyclic) bond motifs is 3. The number of aromatic nitrogens is 2. The van der Waals surface area contributed by atoms with Gasteiger partial charge < -0.3 is 24.8 Å². The summed E-state index contributed by atoms with van der Waals surface area (Å²) < 4.78 is 12.3. The molecule has 2 unspecified atom stereocenters. The van der Waals surface area contributed by atoms with Crippen LogP contribution in [0, 0.1) is 24.7 Å². The van der Waals surface area contributed by atoms with Crippen molar-refractivity contribution in [2.75, 3.05) is 20.7 Å². The van der Waals surface area contributed by atoms with Gasteiger partial charge in [-0.2, -0.15) is 0 Å². The first-order valence-corrected chi connectivity index (χ1v) is 17.0. The molecule has 3 heterocycles. The highest BCUT2D eigenvalue weighted by Crippen LogP contribution is 2.47. The number of nitrogens with zero attached hydrogens (tertiary/aromatic N) is 3. The zero-order chi connectivity index (χ0) is 32.7. The first-order chi connectivity index (χ1) is 22.0. The van der Waals surface area contributed by atoms with Crippen LogP contribution in [-0.2, 0) is 14.4 Å². The van der Waals surface area contributed by atoms with Gasteiger partial charge in [-0.15, -0.1) is 11.3 Å². The number of carboxylic acid groups (broad SMARTS) is 1. The molecule has 2 amide bonds. The summed E-state index contributed by atoms with van der Waals surface area (Å²) in [7, 11) is 3.41. The van der Waals surface area contributed by atoms with Crippen LogP contribution in [0.3, 0.4) is 0 Å². The first kappa shape index (κ1) is 32.0. The second-order valence-corrected chi connectivity index (χ2v) is 14.1. The summed E-state index contributed by atoms with van der Waals surface area (Å²) in [6.07, 6.45) is 6.97. The molecule has 2 N–H and O–H groups in total. The third-order valence-corrected chi connectivity index (χ3v) is 10.7. The number of rotatable bonds is 6. The Kier molecular flexibility index (Phi) is 8.80. The maximum Gasteiger partial charge on any atom is 0.330 e. The van der Waals surface area contributed by atoms with E-state index in [0.29, 0.717) is 36.6 Å². The zero-order valence-corrected chi connectivity index (χ0v) is 27.9. The van der Waals surface area contributed by atoms with Crippen molar-refractivity contribution in [2.24, 2.45) is 17.8 Å². The molecule has 2 fully saturated rings. The van der Waals surface area contributed by atoms with E-state index in [1.165, 1.54) is 11.3 Å². The molecule has 3 aromatic rings. The Labute approximate surface area is 273 Å². The molecule has 244 valence electrons. The van der Waals surface area contributed by atoms with Gasteiger partial charge in [-0.3, -0.25) is 9.59 Å². The van der Waals surface area contributed by atoms with Crippen molar-refractivity contribution in [3.63, 3.8) is 0 Å². The summed E-state index contributed by atoms with van der Waals surface area (Å²) in [4.78, 5) is 51.5. The average Bonchev–Trinajstić information content (AvgIpc) is 3.33. The van der Waals surface area contributed by atoms with Gasteiger partial charge in [0.1, 0.15) is 33.8 Å². The Morgan fingerprint density at radius 3 is 2.65 bits per heavy atom. The Morgan fingerprint density at radius 2 is 1.93 bits per heavy atom. The highest BCUT2D eigenvalue weighted by atomic mass is 32.1. The fraction of sp³-hybridized carbons (Fsp3) is 0.514. The van der Waals surface area contributed by atoms with E-state index >= 15 is 0 Å². The number of aryl methyl sites for hydroxylation is 1. The smallest absolute Gasteiger partial charge is 0.330 e. The van der Waals surface area contributed by atoms with Gasteiger partial charge in [0, 0.05) is 41.9 Å². The van der Waals surface area contributed by atoms with Crippen molar-refractivity contribution < 1.29 is 29.0 Å². The van der Waals surface area contributed by atoms with E-state index in [9.17, 15) is 19.5 Å². The molecule has 6 rings (SSSR count). The molecule has 5 atom stereocenters. The van der Waals surface area contributed by atoms with Crippen LogP contribution in [0.4, 0.5) is 0 Å². The number of ether oxygens (including phenoxy) is 2. The Bertz CT molecular complexity index is 1700. The SMILES string of the molecule is COc1ccc2c(O[C@@H]3CC4C(=O)N[C@]5(C(=O)O)C[C@H]5/C=C\CCCCN(C)C(=O)C4C3)cc(-c3nc(C(C)C)cs3)nc2c1C. The molecule has 1 aliphatic heterocycles. The molecular formula is C35H42N4O6S. The first-order valence-electron chi connectivity index (χ1n) is 16.1. The lowest BCUT2D eigenvalue weighted by atomic mass is 9.93. The highest BCUT2D eigenvalue weighted by Gasteiger charge is 2.61. The quantitative estimate of drug-likeness (QED) is 0.325. The minimum absolute atomic E-state index is 0.111. The molecule has 3 aliphatic rings. The number of thiazole rings is 1. The number of methoxy groups -OCH3 is 1. The second kappa shape index (κ2) is 12.7. The largest absolute Gasteiger partial charge is 0.496 e. The third kappa shape index (κ3) is 5.97. The Hall–Kier alpha value is -3.99. The summed E-state index contributed by atoms with van der Waals surface area (Å²) in [6, 6.07) is 5.70. The molecule has 0 saturated heterocycles. The lowest BCUT2D eigenvalue weighted by Crippen LogP contribution is -2.49. The van der Waals surface area contributed by atoms with E-state index in [1.807, 2.05) is 42.7 Å². The summed E-state index contributed by atoms with van der Waals surface area (Å²) in [5.41, 5.74) is 1.94. The van der Waals surface area contributed by atoms with E-state index in [1.54, 1.807) is 19.1 Å². The molecule has 0 radical (unpaired) electrons. The predicted octanol–water partition coefficient (Wildman–Crippen LogP) is 5.73. The fourth-order valence-corrected chi connectivity index (χ4v) is 7.79. The minimum Gasteiger partial charge on any atom is -0.496 e. The van der Waals surface area contributed by atoms with Crippen LogP contribution in [0.25, 0.3) is 21.6 Å². The molecule has 0 bridgehead atoms. The summed E-state index contributed by atoms with van der Waals surface area (Å²) >= 11 is 1.53. The van der Waals surface area contributed by atoms with Gasteiger partial charge in [0.25, 0.3) is 0 Å². The van der Waals surface area contributed by atoms with E-state index in [0.717, 1.165) is 46.4 Å². The van der Waals surface area contributed by atoms with Crippen LogP contribution in [-0.4, -0.2) is 70.1 Å². The zero-order valence-electron chi connectivity index (χ0n) is 27.0. The number of hydrogen-bond acceptors (Lipinski definition) is 8. The minimum atomic E-state index is -1.33.